The van der Waals surface area contributed by atoms with Crippen molar-refractivity contribution in [3.8, 4) is 0 Å². The van der Waals surface area contributed by atoms with Crippen LogP contribution in [0.5, 0.6) is 0 Å². The molecular weight excluding hydrogens is 748 g/mol. The number of nitrogens with one attached hydrogen (secondary N) is 1. The van der Waals surface area contributed by atoms with Crippen LogP contribution in [-0.4, -0.2) is 39.4 Å². The molecule has 15 heteroatoms. The highest BCUT2D eigenvalue weighted by Gasteiger charge is 2.67. The van der Waals surface area contributed by atoms with E-state index in [-0.39, 0.29) is 21.2 Å². The molecular formula is C34H31Cl5F2N2O6. The fourth-order valence-corrected chi connectivity index (χ4v) is 6.49. The van der Waals surface area contributed by atoms with Gasteiger partial charge >= 0.3 is 12.2 Å². The van der Waals surface area contributed by atoms with Crippen molar-refractivity contribution in [1.29, 1.82) is 0 Å². The van der Waals surface area contributed by atoms with E-state index in [2.05, 4.69) is 5.32 Å². The fraction of sp³-hybridized carbons (Fsp3) is 0.353. The Morgan fingerprint density at radius 1 is 0.816 bits per heavy atom. The third-order valence-electron chi connectivity index (χ3n) is 6.97. The first-order valence-corrected chi connectivity index (χ1v) is 16.6. The lowest BCUT2D eigenvalue weighted by molar-refractivity contribution is -0.117. The van der Waals surface area contributed by atoms with E-state index in [9.17, 15) is 19.2 Å². The molecule has 3 amide bonds. The summed E-state index contributed by atoms with van der Waals surface area (Å²) in [5.41, 5.74) is -2.75. The maximum absolute atomic E-state index is 15.5. The summed E-state index contributed by atoms with van der Waals surface area (Å²) in [7, 11) is 0. The van der Waals surface area contributed by atoms with E-state index in [0.29, 0.717) is 27.7 Å². The van der Waals surface area contributed by atoms with Crippen molar-refractivity contribution in [2.75, 3.05) is 10.2 Å². The van der Waals surface area contributed by atoms with Gasteiger partial charge in [-0.25, -0.2) is 18.4 Å². The zero-order valence-corrected chi connectivity index (χ0v) is 30.8. The number of hydrogen-bond donors (Lipinski definition) is 1. The molecule has 3 aromatic carbocycles. The van der Waals surface area contributed by atoms with Gasteiger partial charge in [-0.2, -0.15) is 4.90 Å². The van der Waals surface area contributed by atoms with Gasteiger partial charge in [0.2, 0.25) is 5.91 Å². The minimum absolute atomic E-state index is 0.0246. The Labute approximate surface area is 306 Å². The number of halogens is 7. The average molecular weight is 779 g/mol. The number of ether oxygens (including phenoxy) is 2. The number of Topliss-reactive ketones (excluding diaryl/α,β-unsaturated/α-hetero) is 1. The van der Waals surface area contributed by atoms with Gasteiger partial charge in [0.05, 0.1) is 16.6 Å². The molecule has 0 saturated heterocycles. The molecule has 4 rings (SSSR count). The van der Waals surface area contributed by atoms with Crippen LogP contribution in [0.3, 0.4) is 0 Å². The Morgan fingerprint density at radius 2 is 1.37 bits per heavy atom. The maximum Gasteiger partial charge on any atom is 0.424 e. The molecule has 2 atom stereocenters. The first-order valence-electron chi connectivity index (χ1n) is 14.7. The number of alkyl halides is 2. The van der Waals surface area contributed by atoms with Gasteiger partial charge in [-0.15, -0.1) is 23.2 Å². The highest BCUT2D eigenvalue weighted by molar-refractivity contribution is 6.53. The minimum Gasteiger partial charge on any atom is -0.443 e. The summed E-state index contributed by atoms with van der Waals surface area (Å²) < 4.78 is 39.9. The quantitative estimate of drug-likeness (QED) is 0.189. The lowest BCUT2D eigenvalue weighted by Crippen LogP contribution is -2.44. The zero-order valence-electron chi connectivity index (χ0n) is 27.0. The van der Waals surface area contributed by atoms with Crippen LogP contribution in [0.15, 0.2) is 48.5 Å². The third-order valence-corrected chi connectivity index (χ3v) is 8.68. The summed E-state index contributed by atoms with van der Waals surface area (Å²) in [5, 5.41) is 3.31. The second kappa shape index (κ2) is 14.2. The van der Waals surface area contributed by atoms with Crippen LogP contribution in [-0.2, 0) is 20.7 Å². The lowest BCUT2D eigenvalue weighted by Gasteiger charge is -2.29. The molecule has 0 aromatic heterocycles. The normalized spacial score (nSPS) is 16.8. The highest BCUT2D eigenvalue weighted by Crippen LogP contribution is 2.65. The number of rotatable bonds is 7. The number of hydrogen-bond acceptors (Lipinski definition) is 6. The Kier molecular flexibility index (Phi) is 11.2. The number of carbonyl (C=O) groups excluding carboxylic acids is 4. The first-order chi connectivity index (χ1) is 22.5. The van der Waals surface area contributed by atoms with E-state index in [1.165, 1.54) is 65.8 Å². The molecule has 1 fully saturated rings. The molecule has 262 valence electrons. The van der Waals surface area contributed by atoms with Crippen LogP contribution in [0.2, 0.25) is 15.1 Å². The minimum atomic E-state index is -1.46. The summed E-state index contributed by atoms with van der Waals surface area (Å²) in [4.78, 5) is 52.6. The summed E-state index contributed by atoms with van der Waals surface area (Å²) >= 11 is 31.4. The van der Waals surface area contributed by atoms with E-state index >= 15 is 8.78 Å². The van der Waals surface area contributed by atoms with Crippen LogP contribution in [0.1, 0.15) is 68.9 Å². The standard InChI is InChI=1S/C34H31Cl5F2N2O6/c1-32(2,3)48-30(46)43(31(47)49-33(4,5)6)25-15-23(40)16(11-24(25)41)12-26(44)21-14-20(7-8-22(21)37)42-29(45)28-27(34(28,38)39)17-9-18(35)13-19(36)10-17/h7-11,13-15,27-28H,12H2,1-6H3,(H,42,45)/t27-,28+/m0/s1. The van der Waals surface area contributed by atoms with Crippen molar-refractivity contribution in [1.82, 2.24) is 0 Å². The predicted molar refractivity (Wildman–Crippen MR) is 187 cm³/mol. The van der Waals surface area contributed by atoms with Gasteiger partial charge in [-0.05, 0) is 95.1 Å². The second-order valence-corrected chi connectivity index (χ2v) is 16.0. The van der Waals surface area contributed by atoms with E-state index in [1.807, 2.05) is 0 Å². The second-order valence-electron chi connectivity index (χ2n) is 13.3. The highest BCUT2D eigenvalue weighted by atomic mass is 35.5. The third kappa shape index (κ3) is 9.35. The Bertz CT molecular complexity index is 1790. The Hall–Kier alpha value is -3.15. The zero-order chi connectivity index (χ0) is 36.8. The first kappa shape index (κ1) is 38.6. The van der Waals surface area contributed by atoms with Gasteiger partial charge in [-0.3, -0.25) is 9.59 Å². The number of ketones is 1. The molecule has 0 radical (unpaired) electrons. The fourth-order valence-electron chi connectivity index (χ4n) is 4.90. The van der Waals surface area contributed by atoms with E-state index in [1.54, 1.807) is 12.1 Å². The van der Waals surface area contributed by atoms with Gasteiger partial charge in [0.1, 0.15) is 27.2 Å². The van der Waals surface area contributed by atoms with Crippen LogP contribution in [0.25, 0.3) is 0 Å². The lowest BCUT2D eigenvalue weighted by atomic mass is 10.0. The summed E-state index contributed by atoms with van der Waals surface area (Å²) in [6, 6.07) is 10.1. The van der Waals surface area contributed by atoms with Crippen LogP contribution < -0.4 is 10.2 Å². The molecule has 49 heavy (non-hydrogen) atoms. The number of imide groups is 1. The smallest absolute Gasteiger partial charge is 0.424 e. The summed E-state index contributed by atoms with van der Waals surface area (Å²) in [5.74, 6) is -5.12. The van der Waals surface area contributed by atoms with Crippen molar-refractivity contribution in [2.45, 2.75) is 69.4 Å². The number of anilines is 2. The van der Waals surface area contributed by atoms with Crippen molar-refractivity contribution in [3.05, 3.63) is 91.9 Å². The molecule has 0 spiro atoms. The molecule has 0 heterocycles. The predicted octanol–water partition coefficient (Wildman–Crippen LogP) is 10.6. The molecule has 1 aliphatic carbocycles. The molecule has 8 nitrogen and oxygen atoms in total. The largest absolute Gasteiger partial charge is 0.443 e. The number of benzene rings is 3. The monoisotopic (exact) mass is 776 g/mol. The van der Waals surface area contributed by atoms with Gasteiger partial charge < -0.3 is 14.8 Å². The van der Waals surface area contributed by atoms with E-state index < -0.39 is 80.6 Å². The van der Waals surface area contributed by atoms with Crippen molar-refractivity contribution < 1.29 is 37.4 Å². The Morgan fingerprint density at radius 3 is 1.90 bits per heavy atom. The van der Waals surface area contributed by atoms with Crippen LogP contribution in [0.4, 0.5) is 29.7 Å². The van der Waals surface area contributed by atoms with Gasteiger partial charge in [0.15, 0.2) is 5.78 Å². The van der Waals surface area contributed by atoms with Crippen LogP contribution >= 0.6 is 58.0 Å². The summed E-state index contributed by atoms with van der Waals surface area (Å²) in [6.07, 6.45) is -3.28. The van der Waals surface area contributed by atoms with Gasteiger partial charge in [0.25, 0.3) is 0 Å². The van der Waals surface area contributed by atoms with Crippen molar-refractivity contribution in [3.63, 3.8) is 0 Å². The number of carbonyl (C=O) groups is 4. The molecule has 1 saturated carbocycles. The molecule has 3 aromatic rings. The Balaban J connectivity index is 1.56. The molecule has 0 bridgehead atoms. The van der Waals surface area contributed by atoms with Gasteiger partial charge in [0, 0.05) is 39.7 Å². The molecule has 0 unspecified atom stereocenters. The van der Waals surface area contributed by atoms with Crippen LogP contribution in [0, 0.1) is 17.6 Å². The molecule has 1 N–H and O–H groups in total. The van der Waals surface area contributed by atoms with E-state index in [4.69, 9.17) is 67.5 Å². The topological polar surface area (TPSA) is 102 Å². The SMILES string of the molecule is CC(C)(C)OC(=O)N(C(=O)OC(C)(C)C)c1cc(F)c(CC(=O)c2cc(NC(=O)[C@H]3[C@H](c4cc(Cl)cc(Cl)c4)C3(Cl)Cl)ccc2Cl)cc1F. The average Bonchev–Trinajstić information content (AvgIpc) is 3.51. The molecule has 0 aliphatic heterocycles. The number of amides is 3. The summed E-state index contributed by atoms with van der Waals surface area (Å²) in [6.45, 7) is 9.16. The van der Waals surface area contributed by atoms with Crippen molar-refractivity contribution in [2.24, 2.45) is 5.92 Å². The van der Waals surface area contributed by atoms with Crippen molar-refractivity contribution >= 4 is 93.3 Å². The molecule has 1 aliphatic rings. The number of nitrogens with zero attached hydrogens (tertiary/aromatic N) is 1. The maximum atomic E-state index is 15.5. The van der Waals surface area contributed by atoms with E-state index in [0.717, 1.165) is 0 Å². The van der Waals surface area contributed by atoms with Gasteiger partial charge in [-0.1, -0.05) is 34.8 Å².